The number of benzene rings is 1. The quantitative estimate of drug-likeness (QED) is 0.361. The highest BCUT2D eigenvalue weighted by atomic mass is 16.7. The molecule has 0 saturated carbocycles. The SMILES string of the molecule is COc1ccc(C(=O)NCC2OC(OCCC(C)CC(C)CC(C)=O)C(O)C(O)C2O)cc1. The summed E-state index contributed by atoms with van der Waals surface area (Å²) >= 11 is 0. The Bertz CT molecular complexity index is 755. The van der Waals surface area contributed by atoms with E-state index in [-0.39, 0.29) is 30.8 Å². The normalized spacial score (nSPS) is 26.9. The van der Waals surface area contributed by atoms with Gasteiger partial charge in [-0.05, 0) is 55.9 Å². The number of methoxy groups -OCH3 is 1. The topological polar surface area (TPSA) is 135 Å². The van der Waals surface area contributed by atoms with E-state index in [1.165, 1.54) is 7.11 Å². The molecular weight excluding hydrogens is 430 g/mol. The maximum absolute atomic E-state index is 12.4. The molecule has 1 aliphatic heterocycles. The van der Waals surface area contributed by atoms with Crippen LogP contribution in [0.15, 0.2) is 24.3 Å². The predicted octanol–water partition coefficient (Wildman–Crippen LogP) is 1.28. The number of Topliss-reactive ketones (excluding diaryl/α,β-unsaturated/α-hetero) is 1. The van der Waals surface area contributed by atoms with Crippen LogP contribution >= 0.6 is 0 Å². The van der Waals surface area contributed by atoms with Crippen molar-refractivity contribution in [1.29, 1.82) is 0 Å². The van der Waals surface area contributed by atoms with Gasteiger partial charge in [-0.3, -0.25) is 4.79 Å². The lowest BCUT2D eigenvalue weighted by molar-refractivity contribution is -0.295. The number of aliphatic hydroxyl groups is 3. The first-order valence-corrected chi connectivity index (χ1v) is 11.3. The van der Waals surface area contributed by atoms with E-state index in [2.05, 4.69) is 12.2 Å². The van der Waals surface area contributed by atoms with Crippen LogP contribution in [0.2, 0.25) is 0 Å². The van der Waals surface area contributed by atoms with E-state index in [9.17, 15) is 24.9 Å². The van der Waals surface area contributed by atoms with Gasteiger partial charge in [-0.15, -0.1) is 0 Å². The number of ketones is 1. The van der Waals surface area contributed by atoms with Gasteiger partial charge in [0.05, 0.1) is 13.7 Å². The van der Waals surface area contributed by atoms with Crippen molar-refractivity contribution in [2.24, 2.45) is 11.8 Å². The lowest BCUT2D eigenvalue weighted by Crippen LogP contribution is -2.60. The summed E-state index contributed by atoms with van der Waals surface area (Å²) < 4.78 is 16.4. The van der Waals surface area contributed by atoms with Gasteiger partial charge in [-0.1, -0.05) is 13.8 Å². The second-order valence-corrected chi connectivity index (χ2v) is 8.96. The van der Waals surface area contributed by atoms with Crippen molar-refractivity contribution in [2.75, 3.05) is 20.3 Å². The molecule has 33 heavy (non-hydrogen) atoms. The van der Waals surface area contributed by atoms with E-state index in [0.29, 0.717) is 30.1 Å². The molecule has 0 aromatic heterocycles. The minimum absolute atomic E-state index is 0.0748. The van der Waals surface area contributed by atoms with Crippen LogP contribution in [0.1, 0.15) is 50.4 Å². The van der Waals surface area contributed by atoms with Gasteiger partial charge in [0.2, 0.25) is 0 Å². The number of aliphatic hydroxyl groups excluding tert-OH is 3. The molecule has 186 valence electrons. The largest absolute Gasteiger partial charge is 0.497 e. The van der Waals surface area contributed by atoms with E-state index in [1.54, 1.807) is 31.2 Å². The summed E-state index contributed by atoms with van der Waals surface area (Å²) in [4.78, 5) is 23.6. The van der Waals surface area contributed by atoms with Crippen LogP contribution in [-0.4, -0.2) is 78.0 Å². The van der Waals surface area contributed by atoms with Gasteiger partial charge in [0.15, 0.2) is 6.29 Å². The molecule has 9 heteroatoms. The summed E-state index contributed by atoms with van der Waals surface area (Å²) in [5, 5.41) is 33.4. The number of hydrogen-bond acceptors (Lipinski definition) is 8. The van der Waals surface area contributed by atoms with Crippen molar-refractivity contribution in [3.63, 3.8) is 0 Å². The van der Waals surface area contributed by atoms with Gasteiger partial charge in [-0.2, -0.15) is 0 Å². The van der Waals surface area contributed by atoms with Gasteiger partial charge >= 0.3 is 0 Å². The number of ether oxygens (including phenoxy) is 3. The molecule has 1 heterocycles. The standard InChI is InChI=1S/C24H37NO8/c1-14(11-15(2)12-16(3)26)9-10-32-24-22(29)21(28)20(27)19(33-24)13-25-23(30)17-5-7-18(31-4)8-6-17/h5-8,14-15,19-22,24,27-29H,9-13H2,1-4H3,(H,25,30). The summed E-state index contributed by atoms with van der Waals surface area (Å²) in [6.45, 7) is 5.89. The van der Waals surface area contributed by atoms with Crippen molar-refractivity contribution < 1.29 is 39.1 Å². The van der Waals surface area contributed by atoms with E-state index in [4.69, 9.17) is 14.2 Å². The number of amides is 1. The van der Waals surface area contributed by atoms with Gasteiger partial charge in [0.25, 0.3) is 5.91 Å². The fourth-order valence-corrected chi connectivity index (χ4v) is 4.02. The molecule has 0 bridgehead atoms. The number of nitrogens with one attached hydrogen (secondary N) is 1. The summed E-state index contributed by atoms with van der Waals surface area (Å²) in [5.74, 6) is 1.000. The second-order valence-electron chi connectivity index (χ2n) is 8.96. The molecule has 0 spiro atoms. The third-order valence-corrected chi connectivity index (χ3v) is 5.82. The highest BCUT2D eigenvalue weighted by Gasteiger charge is 2.44. The molecular formula is C24H37NO8. The smallest absolute Gasteiger partial charge is 0.251 e. The Hall–Kier alpha value is -2.04. The molecule has 9 nitrogen and oxygen atoms in total. The van der Waals surface area contributed by atoms with Gasteiger partial charge in [-0.25, -0.2) is 0 Å². The minimum atomic E-state index is -1.47. The van der Waals surface area contributed by atoms with Crippen molar-refractivity contribution in [3.8, 4) is 5.75 Å². The highest BCUT2D eigenvalue weighted by molar-refractivity contribution is 5.94. The van der Waals surface area contributed by atoms with Crippen molar-refractivity contribution in [1.82, 2.24) is 5.32 Å². The number of carbonyl (C=O) groups excluding carboxylic acids is 2. The van der Waals surface area contributed by atoms with Crippen LogP contribution in [0, 0.1) is 11.8 Å². The fraction of sp³-hybridized carbons (Fsp3) is 0.667. The first-order valence-electron chi connectivity index (χ1n) is 11.3. The second kappa shape index (κ2) is 13.0. The zero-order valence-electron chi connectivity index (χ0n) is 19.8. The molecule has 1 fully saturated rings. The maximum Gasteiger partial charge on any atom is 0.251 e. The Labute approximate surface area is 195 Å². The molecule has 7 unspecified atom stereocenters. The van der Waals surface area contributed by atoms with E-state index in [1.807, 2.05) is 6.92 Å². The third-order valence-electron chi connectivity index (χ3n) is 5.82. The lowest BCUT2D eigenvalue weighted by atomic mass is 9.92. The molecule has 1 aliphatic rings. The van der Waals surface area contributed by atoms with Crippen molar-refractivity contribution >= 4 is 11.7 Å². The number of rotatable bonds is 12. The number of hydrogen-bond donors (Lipinski definition) is 4. The Balaban J connectivity index is 1.84. The Kier molecular flexibility index (Phi) is 10.7. The van der Waals surface area contributed by atoms with Crippen LogP contribution < -0.4 is 10.1 Å². The summed E-state index contributed by atoms with van der Waals surface area (Å²) in [5.41, 5.74) is 0.405. The minimum Gasteiger partial charge on any atom is -0.497 e. The molecule has 1 amide bonds. The van der Waals surface area contributed by atoms with E-state index < -0.39 is 30.7 Å². The lowest BCUT2D eigenvalue weighted by Gasteiger charge is -2.40. The Morgan fingerprint density at radius 3 is 2.33 bits per heavy atom. The first kappa shape index (κ1) is 27.2. The molecule has 0 aliphatic carbocycles. The fourth-order valence-electron chi connectivity index (χ4n) is 4.02. The van der Waals surface area contributed by atoms with Crippen LogP contribution in [-0.2, 0) is 14.3 Å². The Morgan fingerprint density at radius 2 is 1.73 bits per heavy atom. The van der Waals surface area contributed by atoms with Crippen LogP contribution in [0.4, 0.5) is 0 Å². The van der Waals surface area contributed by atoms with Crippen molar-refractivity contribution in [3.05, 3.63) is 29.8 Å². The average Bonchev–Trinajstić information content (AvgIpc) is 2.77. The Morgan fingerprint density at radius 1 is 1.06 bits per heavy atom. The third kappa shape index (κ3) is 8.35. The summed E-state index contributed by atoms with van der Waals surface area (Å²) in [6, 6.07) is 6.53. The van der Waals surface area contributed by atoms with Gasteiger partial charge < -0.3 is 39.6 Å². The monoisotopic (exact) mass is 467 g/mol. The molecule has 1 aromatic rings. The predicted molar refractivity (Wildman–Crippen MR) is 121 cm³/mol. The first-order chi connectivity index (χ1) is 15.6. The van der Waals surface area contributed by atoms with Crippen molar-refractivity contribution in [2.45, 2.75) is 70.7 Å². The van der Waals surface area contributed by atoms with E-state index in [0.717, 1.165) is 6.42 Å². The van der Waals surface area contributed by atoms with Crippen LogP contribution in [0.5, 0.6) is 5.75 Å². The molecule has 7 atom stereocenters. The average molecular weight is 468 g/mol. The zero-order valence-corrected chi connectivity index (χ0v) is 19.8. The van der Waals surface area contributed by atoms with Crippen LogP contribution in [0.3, 0.4) is 0 Å². The highest BCUT2D eigenvalue weighted by Crippen LogP contribution is 2.24. The summed E-state index contributed by atoms with van der Waals surface area (Å²) in [6.07, 6.45) is -4.26. The van der Waals surface area contributed by atoms with Crippen LogP contribution in [0.25, 0.3) is 0 Å². The molecule has 1 saturated heterocycles. The van der Waals surface area contributed by atoms with Gasteiger partial charge in [0, 0.05) is 18.5 Å². The number of carbonyl (C=O) groups is 2. The summed E-state index contributed by atoms with van der Waals surface area (Å²) in [7, 11) is 1.53. The molecule has 0 radical (unpaired) electrons. The molecule has 4 N–H and O–H groups in total. The zero-order chi connectivity index (χ0) is 24.5. The molecule has 1 aromatic carbocycles. The molecule has 2 rings (SSSR count). The maximum atomic E-state index is 12.4. The van der Waals surface area contributed by atoms with E-state index >= 15 is 0 Å². The van der Waals surface area contributed by atoms with Gasteiger partial charge in [0.1, 0.15) is 35.9 Å².